The summed E-state index contributed by atoms with van der Waals surface area (Å²) in [6, 6.07) is 14.1. The quantitative estimate of drug-likeness (QED) is 0.656. The van der Waals surface area contributed by atoms with Crippen LogP contribution in [0.3, 0.4) is 0 Å². The molecule has 3 aromatic rings. The number of fused-ring (bicyclic) bond motifs is 1. The minimum Gasteiger partial charge on any atom is -0.454 e. The maximum atomic E-state index is 13.6. The number of benzene rings is 2. The molecule has 0 bridgehead atoms. The summed E-state index contributed by atoms with van der Waals surface area (Å²) in [6.07, 6.45) is 3.32. The Morgan fingerprint density at radius 1 is 1.04 bits per heavy atom. The van der Waals surface area contributed by atoms with E-state index in [9.17, 15) is 8.42 Å². The van der Waals surface area contributed by atoms with E-state index in [4.69, 9.17) is 9.47 Å². The van der Waals surface area contributed by atoms with E-state index in [1.165, 1.54) is 4.31 Å². The van der Waals surface area contributed by atoms with Gasteiger partial charge in [0.1, 0.15) is 0 Å². The lowest BCUT2D eigenvalue weighted by atomic mass is 10.2. The van der Waals surface area contributed by atoms with Crippen LogP contribution in [0.15, 0.2) is 65.8 Å². The van der Waals surface area contributed by atoms with Crippen molar-refractivity contribution in [3.8, 4) is 11.5 Å². The zero-order valence-electron chi connectivity index (χ0n) is 15.6. The van der Waals surface area contributed by atoms with Crippen molar-refractivity contribution in [1.29, 1.82) is 0 Å². The van der Waals surface area contributed by atoms with Gasteiger partial charge in [0.15, 0.2) is 11.5 Å². The lowest BCUT2D eigenvalue weighted by Crippen LogP contribution is -2.31. The molecule has 0 aliphatic carbocycles. The summed E-state index contributed by atoms with van der Waals surface area (Å²) in [5.41, 5.74) is 3.01. The Bertz CT molecular complexity index is 1110. The first-order valence-corrected chi connectivity index (χ1v) is 10.3. The summed E-state index contributed by atoms with van der Waals surface area (Å²) in [5.74, 6) is 1.14. The van der Waals surface area contributed by atoms with E-state index in [-0.39, 0.29) is 18.2 Å². The number of hydrogen-bond acceptors (Lipinski definition) is 5. The molecule has 0 fully saturated rings. The van der Waals surface area contributed by atoms with Gasteiger partial charge in [0, 0.05) is 18.5 Å². The highest BCUT2D eigenvalue weighted by Crippen LogP contribution is 2.37. The highest BCUT2D eigenvalue weighted by Gasteiger charge is 2.28. The topological polar surface area (TPSA) is 68.7 Å². The van der Waals surface area contributed by atoms with Crippen molar-refractivity contribution < 1.29 is 17.9 Å². The Hall–Kier alpha value is -3.06. The van der Waals surface area contributed by atoms with Crippen LogP contribution in [0, 0.1) is 13.8 Å². The highest BCUT2D eigenvalue weighted by molar-refractivity contribution is 7.92. The molecule has 0 saturated heterocycles. The smallest absolute Gasteiger partial charge is 0.264 e. The van der Waals surface area contributed by atoms with Gasteiger partial charge >= 0.3 is 0 Å². The monoisotopic (exact) mass is 396 g/mol. The second-order valence-electron chi connectivity index (χ2n) is 6.68. The van der Waals surface area contributed by atoms with Crippen LogP contribution in [0.1, 0.15) is 16.7 Å². The minimum atomic E-state index is -3.81. The van der Waals surface area contributed by atoms with Crippen LogP contribution < -0.4 is 13.8 Å². The number of sulfonamides is 1. The van der Waals surface area contributed by atoms with E-state index in [1.54, 1.807) is 42.7 Å². The predicted octanol–water partition coefficient (Wildman–Crippen LogP) is 3.82. The van der Waals surface area contributed by atoms with Crippen LogP contribution in [-0.4, -0.2) is 20.2 Å². The zero-order valence-corrected chi connectivity index (χ0v) is 16.4. The first kappa shape index (κ1) is 18.3. The molecule has 0 N–H and O–H groups in total. The maximum absolute atomic E-state index is 13.6. The lowest BCUT2D eigenvalue weighted by molar-refractivity contribution is 0.174. The number of hydrogen-bond donors (Lipinski definition) is 0. The third-order valence-corrected chi connectivity index (χ3v) is 6.53. The fraction of sp³-hybridized carbons (Fsp3) is 0.190. The summed E-state index contributed by atoms with van der Waals surface area (Å²) in [7, 11) is -3.81. The van der Waals surface area contributed by atoms with Gasteiger partial charge in [-0.05, 0) is 49.2 Å². The first-order valence-electron chi connectivity index (χ1n) is 8.84. The van der Waals surface area contributed by atoms with Crippen LogP contribution >= 0.6 is 0 Å². The van der Waals surface area contributed by atoms with Crippen molar-refractivity contribution >= 4 is 15.7 Å². The summed E-state index contributed by atoms with van der Waals surface area (Å²) in [5, 5.41) is 0. The van der Waals surface area contributed by atoms with Crippen molar-refractivity contribution in [2.45, 2.75) is 25.3 Å². The summed E-state index contributed by atoms with van der Waals surface area (Å²) in [4.78, 5) is 4.38. The van der Waals surface area contributed by atoms with E-state index in [1.807, 2.05) is 32.0 Å². The number of ether oxygens (including phenoxy) is 2. The normalized spacial score (nSPS) is 12.8. The van der Waals surface area contributed by atoms with Gasteiger partial charge in [-0.25, -0.2) is 8.42 Å². The number of aryl methyl sites for hydroxylation is 2. The molecule has 0 atom stereocenters. The molecule has 28 heavy (non-hydrogen) atoms. The number of aromatic nitrogens is 1. The van der Waals surface area contributed by atoms with Gasteiger partial charge in [0.25, 0.3) is 10.0 Å². The molecule has 1 aliphatic rings. The maximum Gasteiger partial charge on any atom is 0.264 e. The van der Waals surface area contributed by atoms with E-state index < -0.39 is 10.0 Å². The Morgan fingerprint density at radius 3 is 2.61 bits per heavy atom. The van der Waals surface area contributed by atoms with Crippen molar-refractivity contribution in [1.82, 2.24) is 4.98 Å². The highest BCUT2D eigenvalue weighted by atomic mass is 32.2. The summed E-state index contributed by atoms with van der Waals surface area (Å²) >= 11 is 0. The number of anilines is 1. The SMILES string of the molecule is Cc1ccc(S(=O)(=O)N(Cc2cccnc2)c2ccc3c(c2)OCO3)c(C)c1. The molecular weight excluding hydrogens is 376 g/mol. The first-order chi connectivity index (χ1) is 13.4. The van der Waals surface area contributed by atoms with Crippen LogP contribution in [0.25, 0.3) is 0 Å². The third-order valence-electron chi connectivity index (χ3n) is 4.59. The lowest BCUT2D eigenvalue weighted by Gasteiger charge is -2.25. The second-order valence-corrected chi connectivity index (χ2v) is 8.51. The second kappa shape index (κ2) is 7.16. The van der Waals surface area contributed by atoms with Crippen molar-refractivity contribution in [3.05, 3.63) is 77.6 Å². The molecule has 4 rings (SSSR count). The number of nitrogens with zero attached hydrogens (tertiary/aromatic N) is 2. The van der Waals surface area contributed by atoms with E-state index >= 15 is 0 Å². The van der Waals surface area contributed by atoms with Crippen LogP contribution in [0.5, 0.6) is 11.5 Å². The van der Waals surface area contributed by atoms with E-state index in [2.05, 4.69) is 4.98 Å². The van der Waals surface area contributed by atoms with Crippen molar-refractivity contribution in [2.24, 2.45) is 0 Å². The van der Waals surface area contributed by atoms with Gasteiger partial charge in [-0.2, -0.15) is 0 Å². The molecule has 6 nitrogen and oxygen atoms in total. The standard InChI is InChI=1S/C21H20N2O4S/c1-15-5-8-21(16(2)10-15)28(24,25)23(13-17-4-3-9-22-12-17)18-6-7-19-20(11-18)27-14-26-19/h3-12H,13-14H2,1-2H3. The average molecular weight is 396 g/mol. The molecule has 0 radical (unpaired) electrons. The summed E-state index contributed by atoms with van der Waals surface area (Å²) < 4.78 is 39.4. The molecule has 1 aliphatic heterocycles. The molecule has 0 spiro atoms. The molecule has 0 unspecified atom stereocenters. The fourth-order valence-corrected chi connectivity index (χ4v) is 4.87. The Morgan fingerprint density at radius 2 is 1.86 bits per heavy atom. The fourth-order valence-electron chi connectivity index (χ4n) is 3.22. The molecule has 2 heterocycles. The van der Waals surface area contributed by atoms with Gasteiger partial charge in [-0.3, -0.25) is 9.29 Å². The third kappa shape index (κ3) is 3.41. The molecule has 0 amide bonds. The van der Waals surface area contributed by atoms with Gasteiger partial charge in [0.05, 0.1) is 17.1 Å². The number of rotatable bonds is 5. The zero-order chi connectivity index (χ0) is 19.7. The minimum absolute atomic E-state index is 0.130. The Kier molecular flexibility index (Phi) is 4.68. The van der Waals surface area contributed by atoms with Crippen LogP contribution in [0.4, 0.5) is 5.69 Å². The average Bonchev–Trinajstić information content (AvgIpc) is 3.14. The molecular formula is C21H20N2O4S. The van der Waals surface area contributed by atoms with Gasteiger partial charge in [-0.15, -0.1) is 0 Å². The summed E-state index contributed by atoms with van der Waals surface area (Å²) in [6.45, 7) is 4.03. The van der Waals surface area contributed by atoms with Gasteiger partial charge in [-0.1, -0.05) is 23.8 Å². The van der Waals surface area contributed by atoms with Crippen molar-refractivity contribution in [3.63, 3.8) is 0 Å². The Balaban J connectivity index is 1.82. The molecule has 1 aromatic heterocycles. The molecule has 2 aromatic carbocycles. The molecule has 0 saturated carbocycles. The molecule has 7 heteroatoms. The molecule has 144 valence electrons. The van der Waals surface area contributed by atoms with Crippen LogP contribution in [-0.2, 0) is 16.6 Å². The van der Waals surface area contributed by atoms with E-state index in [0.717, 1.165) is 11.1 Å². The predicted molar refractivity (Wildman–Crippen MR) is 106 cm³/mol. The van der Waals surface area contributed by atoms with Crippen LogP contribution in [0.2, 0.25) is 0 Å². The van der Waals surface area contributed by atoms with E-state index in [0.29, 0.717) is 22.7 Å². The van der Waals surface area contributed by atoms with Crippen molar-refractivity contribution in [2.75, 3.05) is 11.1 Å². The van der Waals surface area contributed by atoms with Gasteiger partial charge < -0.3 is 9.47 Å². The number of pyridine rings is 1. The Labute approximate surface area is 164 Å². The largest absolute Gasteiger partial charge is 0.454 e. The van der Waals surface area contributed by atoms with Gasteiger partial charge in [0.2, 0.25) is 6.79 Å².